The van der Waals surface area contributed by atoms with E-state index in [-0.39, 0.29) is 0 Å². The van der Waals surface area contributed by atoms with Gasteiger partial charge in [0.25, 0.3) is 0 Å². The lowest BCUT2D eigenvalue weighted by molar-refractivity contribution is 0.0679. The van der Waals surface area contributed by atoms with Crippen LogP contribution in [0, 0.1) is 11.8 Å². The first-order valence-corrected chi connectivity index (χ1v) is 12.0. The summed E-state index contributed by atoms with van der Waals surface area (Å²) in [6, 6.07) is 8.03. The van der Waals surface area contributed by atoms with Gasteiger partial charge >= 0.3 is 0 Å². The van der Waals surface area contributed by atoms with Crippen LogP contribution in [0.2, 0.25) is 0 Å². The predicted octanol–water partition coefficient (Wildman–Crippen LogP) is 2.54. The Morgan fingerprint density at radius 2 is 2.00 bits per heavy atom. The molecule has 3 aromatic heterocycles. The number of aromatic nitrogens is 4. The lowest BCUT2D eigenvalue weighted by atomic mass is 9.93. The monoisotopic (exact) mass is 460 g/mol. The molecule has 2 aliphatic rings. The average Bonchev–Trinajstić information content (AvgIpc) is 3.50. The Morgan fingerprint density at radius 3 is 2.85 bits per heavy atom. The molecule has 0 bridgehead atoms. The first-order chi connectivity index (χ1) is 16.2. The van der Waals surface area contributed by atoms with E-state index in [4.69, 9.17) is 14.7 Å². The van der Waals surface area contributed by atoms with Gasteiger partial charge in [-0.05, 0) is 38.1 Å². The first kappa shape index (κ1) is 20.6. The second kappa shape index (κ2) is 8.39. The van der Waals surface area contributed by atoms with Crippen molar-refractivity contribution in [3.8, 4) is 23.2 Å². The zero-order valence-corrected chi connectivity index (χ0v) is 18.9. The number of aromatic amines is 1. The molecule has 8 nitrogen and oxygen atoms in total. The van der Waals surface area contributed by atoms with Gasteiger partial charge in [-0.1, -0.05) is 24.0 Å². The normalized spacial score (nSPS) is 18.4. The van der Waals surface area contributed by atoms with Gasteiger partial charge in [0.2, 0.25) is 0 Å². The molecular formula is C24H24N6O2S. The molecule has 3 N–H and O–H groups in total. The van der Waals surface area contributed by atoms with Crippen molar-refractivity contribution in [1.82, 2.24) is 25.5 Å². The Morgan fingerprint density at radius 1 is 1.15 bits per heavy atom. The molecule has 4 aromatic rings. The SMILES string of the molecule is OC1(C#Cc2cc3nc(-c4cccc5[nH]ncc45)nc(N4CCOCC4)c3s2)CCNCC1. The number of piperidine rings is 1. The lowest BCUT2D eigenvalue weighted by Gasteiger charge is -2.28. The largest absolute Gasteiger partial charge is 0.378 e. The Hall–Kier alpha value is -3.03. The van der Waals surface area contributed by atoms with Crippen LogP contribution in [0.5, 0.6) is 0 Å². The Balaban J connectivity index is 1.47. The minimum atomic E-state index is -0.928. The first-order valence-electron chi connectivity index (χ1n) is 11.2. The van der Waals surface area contributed by atoms with Crippen LogP contribution < -0.4 is 10.2 Å². The molecule has 33 heavy (non-hydrogen) atoms. The summed E-state index contributed by atoms with van der Waals surface area (Å²) in [5.74, 6) is 7.93. The molecule has 0 aliphatic carbocycles. The fraction of sp³-hybridized carbons (Fsp3) is 0.375. The molecule has 0 amide bonds. The van der Waals surface area contributed by atoms with Crippen molar-refractivity contribution in [3.05, 3.63) is 35.3 Å². The molecule has 2 saturated heterocycles. The average molecular weight is 461 g/mol. The van der Waals surface area contributed by atoms with E-state index >= 15 is 0 Å². The van der Waals surface area contributed by atoms with Gasteiger partial charge in [-0.15, -0.1) is 11.3 Å². The van der Waals surface area contributed by atoms with Crippen molar-refractivity contribution in [2.24, 2.45) is 0 Å². The number of fused-ring (bicyclic) bond motifs is 2. The maximum Gasteiger partial charge on any atom is 0.162 e. The number of nitrogens with one attached hydrogen (secondary N) is 2. The lowest BCUT2D eigenvalue weighted by Crippen LogP contribution is -2.40. The van der Waals surface area contributed by atoms with Crippen molar-refractivity contribution in [3.63, 3.8) is 0 Å². The van der Waals surface area contributed by atoms with Crippen LogP contribution in [0.3, 0.4) is 0 Å². The molecule has 6 rings (SSSR count). The van der Waals surface area contributed by atoms with Crippen molar-refractivity contribution < 1.29 is 9.84 Å². The molecule has 1 aromatic carbocycles. The summed E-state index contributed by atoms with van der Waals surface area (Å²) in [5, 5.41) is 22.2. The van der Waals surface area contributed by atoms with Crippen LogP contribution in [0.25, 0.3) is 32.5 Å². The maximum absolute atomic E-state index is 10.8. The smallest absolute Gasteiger partial charge is 0.162 e. The van der Waals surface area contributed by atoms with Crippen molar-refractivity contribution in [2.75, 3.05) is 44.3 Å². The van der Waals surface area contributed by atoms with Crippen LogP contribution in [0.1, 0.15) is 17.7 Å². The number of benzene rings is 1. The van der Waals surface area contributed by atoms with Crippen LogP contribution >= 0.6 is 11.3 Å². The summed E-state index contributed by atoms with van der Waals surface area (Å²) in [4.78, 5) is 13.1. The number of anilines is 1. The highest BCUT2D eigenvalue weighted by molar-refractivity contribution is 7.20. The summed E-state index contributed by atoms with van der Waals surface area (Å²) < 4.78 is 6.58. The number of aliphatic hydroxyl groups is 1. The van der Waals surface area contributed by atoms with Gasteiger partial charge in [0, 0.05) is 24.0 Å². The molecule has 0 spiro atoms. The zero-order valence-electron chi connectivity index (χ0n) is 18.1. The highest BCUT2D eigenvalue weighted by Crippen LogP contribution is 2.35. The molecule has 5 heterocycles. The molecule has 2 aliphatic heterocycles. The summed E-state index contributed by atoms with van der Waals surface area (Å²) >= 11 is 1.59. The standard InChI is InChI=1S/C24H24N6O2S/c31-24(6-8-25-9-7-24)5-4-16-14-20-21(33-16)23(30-10-12-32-13-11-30)28-22(27-20)17-2-1-3-19-18(17)15-26-29-19/h1-3,14-15,25,31H,6-13H2,(H,26,29). The topological polar surface area (TPSA) is 99.2 Å². The summed E-state index contributed by atoms with van der Waals surface area (Å²) in [5.41, 5.74) is 1.84. The molecule has 0 unspecified atom stereocenters. The second-order valence-electron chi connectivity index (χ2n) is 8.46. The quantitative estimate of drug-likeness (QED) is 0.396. The fourth-order valence-electron chi connectivity index (χ4n) is 4.39. The third-order valence-corrected chi connectivity index (χ3v) is 7.27. The minimum Gasteiger partial charge on any atom is -0.378 e. The van der Waals surface area contributed by atoms with E-state index in [0.29, 0.717) is 31.9 Å². The van der Waals surface area contributed by atoms with E-state index in [1.807, 2.05) is 30.5 Å². The van der Waals surface area contributed by atoms with Crippen LogP contribution in [0.15, 0.2) is 30.5 Å². The summed E-state index contributed by atoms with van der Waals surface area (Å²) in [6.07, 6.45) is 3.10. The predicted molar refractivity (Wildman–Crippen MR) is 129 cm³/mol. The Bertz CT molecular complexity index is 1370. The van der Waals surface area contributed by atoms with Crippen LogP contribution in [-0.2, 0) is 4.74 Å². The van der Waals surface area contributed by atoms with Crippen molar-refractivity contribution in [2.45, 2.75) is 18.4 Å². The van der Waals surface area contributed by atoms with E-state index in [9.17, 15) is 5.11 Å². The summed E-state index contributed by atoms with van der Waals surface area (Å²) in [7, 11) is 0. The Labute approximate surface area is 195 Å². The number of ether oxygens (including phenoxy) is 1. The van der Waals surface area contributed by atoms with Gasteiger partial charge in [0.1, 0.15) is 5.60 Å². The molecule has 2 fully saturated rings. The van der Waals surface area contributed by atoms with Crippen LogP contribution in [-0.4, -0.2) is 70.3 Å². The van der Waals surface area contributed by atoms with Gasteiger partial charge in [0.15, 0.2) is 11.6 Å². The van der Waals surface area contributed by atoms with Crippen molar-refractivity contribution in [1.29, 1.82) is 0 Å². The van der Waals surface area contributed by atoms with E-state index in [2.05, 4.69) is 32.3 Å². The minimum absolute atomic E-state index is 0.641. The van der Waals surface area contributed by atoms with E-state index in [1.165, 1.54) is 0 Å². The number of rotatable bonds is 2. The van der Waals surface area contributed by atoms with Gasteiger partial charge in [-0.25, -0.2) is 9.97 Å². The molecule has 0 atom stereocenters. The number of nitrogens with zero attached hydrogens (tertiary/aromatic N) is 4. The van der Waals surface area contributed by atoms with Gasteiger partial charge < -0.3 is 20.1 Å². The number of morpholine rings is 1. The number of thiophene rings is 1. The molecule has 0 saturated carbocycles. The number of hydrogen-bond donors (Lipinski definition) is 3. The zero-order chi connectivity index (χ0) is 22.3. The molecule has 9 heteroatoms. The van der Waals surface area contributed by atoms with Gasteiger partial charge in [-0.3, -0.25) is 5.10 Å². The second-order valence-corrected chi connectivity index (χ2v) is 9.52. The van der Waals surface area contributed by atoms with Crippen LogP contribution in [0.4, 0.5) is 5.82 Å². The fourth-order valence-corrected chi connectivity index (χ4v) is 5.36. The van der Waals surface area contributed by atoms with Gasteiger partial charge in [0.05, 0.1) is 40.0 Å². The third kappa shape index (κ3) is 3.96. The maximum atomic E-state index is 10.8. The third-order valence-electron chi connectivity index (χ3n) is 6.24. The van der Waals surface area contributed by atoms with E-state index in [1.54, 1.807) is 11.3 Å². The summed E-state index contributed by atoms with van der Waals surface area (Å²) in [6.45, 7) is 4.50. The van der Waals surface area contributed by atoms with E-state index < -0.39 is 5.60 Å². The van der Waals surface area contributed by atoms with Crippen molar-refractivity contribution >= 4 is 38.3 Å². The van der Waals surface area contributed by atoms with Gasteiger partial charge in [-0.2, -0.15) is 5.10 Å². The highest BCUT2D eigenvalue weighted by atomic mass is 32.1. The van der Waals surface area contributed by atoms with E-state index in [0.717, 1.165) is 63.6 Å². The molecule has 0 radical (unpaired) electrons. The highest BCUT2D eigenvalue weighted by Gasteiger charge is 2.27. The Kier molecular flexibility index (Phi) is 5.23. The molecule has 168 valence electrons. The molecular weight excluding hydrogens is 436 g/mol. The number of hydrogen-bond acceptors (Lipinski definition) is 8. The number of H-pyrrole nitrogens is 1.